The van der Waals surface area contributed by atoms with Gasteiger partial charge in [0.05, 0.1) is 17.4 Å². The highest BCUT2D eigenvalue weighted by molar-refractivity contribution is 5.91. The van der Waals surface area contributed by atoms with E-state index in [1.165, 1.54) is 16.5 Å². The first-order valence-electron chi connectivity index (χ1n) is 7.94. The number of anilines is 1. The number of hydrogen-bond donors (Lipinski definition) is 1. The van der Waals surface area contributed by atoms with Crippen LogP contribution in [0.25, 0.3) is 11.0 Å². The molecule has 0 spiro atoms. The van der Waals surface area contributed by atoms with E-state index in [4.69, 9.17) is 0 Å². The van der Waals surface area contributed by atoms with Gasteiger partial charge in [0, 0.05) is 17.8 Å². The van der Waals surface area contributed by atoms with E-state index in [2.05, 4.69) is 31.1 Å². The van der Waals surface area contributed by atoms with Gasteiger partial charge in [-0.1, -0.05) is 32.9 Å². The van der Waals surface area contributed by atoms with Crippen molar-refractivity contribution in [1.29, 1.82) is 0 Å². The number of imidazole rings is 1. The molecule has 1 N–H and O–H groups in total. The Morgan fingerprint density at radius 2 is 1.76 bits per heavy atom. The lowest BCUT2D eigenvalue weighted by atomic mass is 9.87. The van der Waals surface area contributed by atoms with E-state index in [9.17, 15) is 13.6 Å². The molecule has 0 unspecified atom stereocenters. The van der Waals surface area contributed by atoms with Crippen LogP contribution in [0.3, 0.4) is 0 Å². The van der Waals surface area contributed by atoms with Crippen molar-refractivity contribution in [3.05, 3.63) is 59.9 Å². The molecule has 0 aliphatic carbocycles. The second-order valence-electron chi connectivity index (χ2n) is 7.00. The molecule has 0 aliphatic heterocycles. The molecule has 130 valence electrons. The van der Waals surface area contributed by atoms with E-state index in [1.807, 2.05) is 24.3 Å². The molecule has 3 aromatic rings. The molecule has 1 heterocycles. The van der Waals surface area contributed by atoms with Crippen molar-refractivity contribution in [1.82, 2.24) is 9.55 Å². The van der Waals surface area contributed by atoms with Gasteiger partial charge < -0.3 is 9.88 Å². The summed E-state index contributed by atoms with van der Waals surface area (Å²) >= 11 is 0. The van der Waals surface area contributed by atoms with Gasteiger partial charge in [0.15, 0.2) is 11.6 Å². The summed E-state index contributed by atoms with van der Waals surface area (Å²) < 4.78 is 28.1. The number of nitrogens with zero attached hydrogens (tertiary/aromatic N) is 2. The molecule has 25 heavy (non-hydrogen) atoms. The lowest BCUT2D eigenvalue weighted by Crippen LogP contribution is -2.18. The summed E-state index contributed by atoms with van der Waals surface area (Å²) in [6, 6.07) is 9.70. The van der Waals surface area contributed by atoms with Crippen molar-refractivity contribution >= 4 is 22.6 Å². The Bertz CT molecular complexity index is 924. The summed E-state index contributed by atoms with van der Waals surface area (Å²) in [6.45, 7) is 6.31. The number of halogens is 2. The third-order valence-electron chi connectivity index (χ3n) is 4.01. The van der Waals surface area contributed by atoms with Gasteiger partial charge in [-0.15, -0.1) is 0 Å². The van der Waals surface area contributed by atoms with E-state index in [0.29, 0.717) is 16.7 Å². The molecular weight excluding hydrogens is 324 g/mol. The maximum absolute atomic E-state index is 13.4. The first-order valence-corrected chi connectivity index (χ1v) is 7.94. The molecule has 2 aromatic carbocycles. The number of nitrogens with one attached hydrogen (secondary N) is 1. The first-order chi connectivity index (χ1) is 11.7. The van der Waals surface area contributed by atoms with Gasteiger partial charge in [0.2, 0.25) is 5.91 Å². The number of rotatable bonds is 3. The summed E-state index contributed by atoms with van der Waals surface area (Å²) in [5.41, 5.74) is 2.57. The minimum absolute atomic E-state index is 0.0391. The van der Waals surface area contributed by atoms with Crippen LogP contribution >= 0.6 is 0 Å². The number of fused-ring (bicyclic) bond motifs is 1. The predicted molar refractivity (Wildman–Crippen MR) is 93.4 cm³/mol. The van der Waals surface area contributed by atoms with Crippen molar-refractivity contribution in [2.24, 2.45) is 0 Å². The summed E-state index contributed by atoms with van der Waals surface area (Å²) in [5, 5.41) is 2.79. The molecule has 1 aromatic heterocycles. The summed E-state index contributed by atoms with van der Waals surface area (Å²) in [7, 11) is 0. The molecule has 0 radical (unpaired) electrons. The van der Waals surface area contributed by atoms with Gasteiger partial charge in [0.1, 0.15) is 6.54 Å². The average molecular weight is 343 g/mol. The van der Waals surface area contributed by atoms with Crippen LogP contribution in [-0.4, -0.2) is 15.5 Å². The zero-order valence-electron chi connectivity index (χ0n) is 14.3. The van der Waals surface area contributed by atoms with Crippen LogP contribution in [0.4, 0.5) is 14.5 Å². The van der Waals surface area contributed by atoms with Crippen molar-refractivity contribution in [2.45, 2.75) is 32.7 Å². The molecule has 1 amide bonds. The smallest absolute Gasteiger partial charge is 0.244 e. The summed E-state index contributed by atoms with van der Waals surface area (Å²) in [4.78, 5) is 16.2. The van der Waals surface area contributed by atoms with Gasteiger partial charge >= 0.3 is 0 Å². The minimum atomic E-state index is -0.965. The van der Waals surface area contributed by atoms with Crippen molar-refractivity contribution in [3.8, 4) is 0 Å². The van der Waals surface area contributed by atoms with Crippen molar-refractivity contribution in [3.63, 3.8) is 0 Å². The SMILES string of the molecule is CC(C)(C)c1ccc(NC(=O)Cn2cnc3cc(F)c(F)cc32)cc1. The molecule has 0 atom stereocenters. The highest BCUT2D eigenvalue weighted by Crippen LogP contribution is 2.23. The molecule has 0 saturated carbocycles. The molecule has 0 bridgehead atoms. The van der Waals surface area contributed by atoms with Crippen LogP contribution in [0.15, 0.2) is 42.7 Å². The second-order valence-corrected chi connectivity index (χ2v) is 7.00. The average Bonchev–Trinajstić information content (AvgIpc) is 2.89. The maximum atomic E-state index is 13.4. The normalized spacial score (nSPS) is 11.7. The van der Waals surface area contributed by atoms with Crippen LogP contribution in [0.5, 0.6) is 0 Å². The van der Waals surface area contributed by atoms with Crippen molar-refractivity contribution < 1.29 is 13.6 Å². The number of carbonyl (C=O) groups is 1. The molecular formula is C19H19F2N3O. The summed E-state index contributed by atoms with van der Waals surface area (Å²) in [5.74, 6) is -2.19. The molecule has 6 heteroatoms. The zero-order valence-corrected chi connectivity index (χ0v) is 14.3. The number of hydrogen-bond acceptors (Lipinski definition) is 2. The van der Waals surface area contributed by atoms with Gasteiger partial charge in [-0.05, 0) is 23.1 Å². The van der Waals surface area contributed by atoms with Gasteiger partial charge in [-0.3, -0.25) is 4.79 Å². The summed E-state index contributed by atoms with van der Waals surface area (Å²) in [6.07, 6.45) is 1.39. The Kier molecular flexibility index (Phi) is 4.29. The Morgan fingerprint density at radius 3 is 2.40 bits per heavy atom. The topological polar surface area (TPSA) is 46.9 Å². The lowest BCUT2D eigenvalue weighted by Gasteiger charge is -2.19. The van der Waals surface area contributed by atoms with Crippen LogP contribution in [0.2, 0.25) is 0 Å². The number of benzene rings is 2. The van der Waals surface area contributed by atoms with E-state index in [-0.39, 0.29) is 17.9 Å². The third-order valence-corrected chi connectivity index (χ3v) is 4.01. The van der Waals surface area contributed by atoms with Gasteiger partial charge in [0.25, 0.3) is 0 Å². The fraction of sp³-hybridized carbons (Fsp3) is 0.263. The quantitative estimate of drug-likeness (QED) is 0.773. The molecule has 0 saturated heterocycles. The monoisotopic (exact) mass is 343 g/mol. The fourth-order valence-corrected chi connectivity index (χ4v) is 2.59. The van der Waals surface area contributed by atoms with Crippen LogP contribution in [-0.2, 0) is 16.8 Å². The van der Waals surface area contributed by atoms with E-state index >= 15 is 0 Å². The highest BCUT2D eigenvalue weighted by Gasteiger charge is 2.14. The predicted octanol–water partition coefficient (Wildman–Crippen LogP) is 4.25. The van der Waals surface area contributed by atoms with E-state index < -0.39 is 11.6 Å². The van der Waals surface area contributed by atoms with Gasteiger partial charge in [-0.2, -0.15) is 0 Å². The van der Waals surface area contributed by atoms with Crippen LogP contribution < -0.4 is 5.32 Å². The fourth-order valence-electron chi connectivity index (χ4n) is 2.59. The Hall–Kier alpha value is -2.76. The number of carbonyl (C=O) groups excluding carboxylic acids is 1. The zero-order chi connectivity index (χ0) is 18.2. The largest absolute Gasteiger partial charge is 0.325 e. The number of amides is 1. The molecule has 4 nitrogen and oxygen atoms in total. The van der Waals surface area contributed by atoms with Gasteiger partial charge in [-0.25, -0.2) is 13.8 Å². The third kappa shape index (κ3) is 3.68. The van der Waals surface area contributed by atoms with E-state index in [0.717, 1.165) is 12.1 Å². The van der Waals surface area contributed by atoms with E-state index in [1.54, 1.807) is 0 Å². The Labute approximate surface area is 144 Å². The van der Waals surface area contributed by atoms with Crippen LogP contribution in [0.1, 0.15) is 26.3 Å². The standard InChI is InChI=1S/C19H19F2N3O/c1-19(2,3)12-4-6-13(7-5-12)23-18(25)10-24-11-22-16-8-14(20)15(21)9-17(16)24/h4-9,11H,10H2,1-3H3,(H,23,25). The maximum Gasteiger partial charge on any atom is 0.244 e. The molecule has 0 fully saturated rings. The number of aromatic nitrogens is 2. The lowest BCUT2D eigenvalue weighted by molar-refractivity contribution is -0.116. The first kappa shape index (κ1) is 17.1. The molecule has 0 aliphatic rings. The minimum Gasteiger partial charge on any atom is -0.325 e. The van der Waals surface area contributed by atoms with Crippen LogP contribution in [0, 0.1) is 11.6 Å². The Balaban J connectivity index is 1.74. The Morgan fingerprint density at radius 1 is 1.12 bits per heavy atom. The second kappa shape index (κ2) is 6.27. The van der Waals surface area contributed by atoms with Crippen molar-refractivity contribution in [2.75, 3.05) is 5.32 Å². The molecule has 3 rings (SSSR count). The highest BCUT2D eigenvalue weighted by atomic mass is 19.2.